The molecular formula is C13H21ClN4. The highest BCUT2D eigenvalue weighted by Gasteiger charge is 2.20. The molecule has 0 aliphatic rings. The molecule has 1 unspecified atom stereocenters. The van der Waals surface area contributed by atoms with E-state index in [9.17, 15) is 0 Å². The second-order valence-electron chi connectivity index (χ2n) is 4.69. The average molecular weight is 269 g/mol. The molecule has 2 aromatic heterocycles. The van der Waals surface area contributed by atoms with Crippen LogP contribution in [0, 0.1) is 0 Å². The molecule has 0 aromatic carbocycles. The average Bonchev–Trinajstić information content (AvgIpc) is 2.87. The normalized spacial score (nSPS) is 13.4. The van der Waals surface area contributed by atoms with Gasteiger partial charge in [0.25, 0.3) is 0 Å². The molecule has 2 aromatic rings. The fraction of sp³-hybridized carbons (Fsp3) is 0.692. The first-order chi connectivity index (χ1) is 8.63. The molecule has 0 amide bonds. The molecule has 0 aliphatic carbocycles. The second-order valence-corrected chi connectivity index (χ2v) is 5.07. The Morgan fingerprint density at radius 1 is 1.33 bits per heavy atom. The first-order valence-corrected chi connectivity index (χ1v) is 7.16. The molecule has 4 nitrogen and oxygen atoms in total. The van der Waals surface area contributed by atoms with E-state index in [1.807, 2.05) is 11.7 Å². The first kappa shape index (κ1) is 13.4. The van der Waals surface area contributed by atoms with Crippen LogP contribution in [0.3, 0.4) is 0 Å². The molecule has 2 rings (SSSR count). The van der Waals surface area contributed by atoms with Crippen LogP contribution in [-0.2, 0) is 19.9 Å². The van der Waals surface area contributed by atoms with Gasteiger partial charge in [0.1, 0.15) is 11.3 Å². The van der Waals surface area contributed by atoms with Gasteiger partial charge in [-0.05, 0) is 19.8 Å². The summed E-state index contributed by atoms with van der Waals surface area (Å²) in [4.78, 5) is 4.76. The molecular weight excluding hydrogens is 248 g/mol. The van der Waals surface area contributed by atoms with Gasteiger partial charge in [-0.15, -0.1) is 11.6 Å². The minimum atomic E-state index is 0.424. The van der Waals surface area contributed by atoms with Crippen LogP contribution in [0.1, 0.15) is 44.8 Å². The van der Waals surface area contributed by atoms with Gasteiger partial charge in [-0.1, -0.05) is 13.8 Å². The van der Waals surface area contributed by atoms with Crippen molar-refractivity contribution in [3.63, 3.8) is 0 Å². The molecule has 5 heteroatoms. The highest BCUT2D eigenvalue weighted by atomic mass is 35.5. The lowest BCUT2D eigenvalue weighted by molar-refractivity contribution is 0.512. The van der Waals surface area contributed by atoms with Crippen molar-refractivity contribution in [2.45, 2.75) is 46.1 Å². The van der Waals surface area contributed by atoms with Crippen molar-refractivity contribution in [2.75, 3.05) is 5.88 Å². The third kappa shape index (κ3) is 2.03. The number of halogens is 1. The fourth-order valence-electron chi connectivity index (χ4n) is 2.39. The number of fused-ring (bicyclic) bond motifs is 1. The van der Waals surface area contributed by atoms with Crippen molar-refractivity contribution in [3.05, 3.63) is 11.5 Å². The highest BCUT2D eigenvalue weighted by Crippen LogP contribution is 2.25. The number of hydrogen-bond donors (Lipinski definition) is 0. The van der Waals surface area contributed by atoms with Crippen LogP contribution in [0.5, 0.6) is 0 Å². The molecule has 0 bridgehead atoms. The van der Waals surface area contributed by atoms with Crippen molar-refractivity contribution >= 4 is 22.8 Å². The maximum absolute atomic E-state index is 5.89. The molecule has 0 spiro atoms. The van der Waals surface area contributed by atoms with Crippen molar-refractivity contribution < 1.29 is 0 Å². The minimum Gasteiger partial charge on any atom is -0.310 e. The fourth-order valence-corrected chi connectivity index (χ4v) is 2.56. The van der Waals surface area contributed by atoms with E-state index in [2.05, 4.69) is 30.4 Å². The lowest BCUT2D eigenvalue weighted by atomic mass is 10.2. The van der Waals surface area contributed by atoms with E-state index in [0.29, 0.717) is 11.9 Å². The molecule has 18 heavy (non-hydrogen) atoms. The molecule has 1 atom stereocenters. The van der Waals surface area contributed by atoms with Crippen molar-refractivity contribution in [1.29, 1.82) is 0 Å². The number of rotatable bonds is 5. The van der Waals surface area contributed by atoms with E-state index in [1.54, 1.807) is 0 Å². The Morgan fingerprint density at radius 3 is 2.61 bits per heavy atom. The second kappa shape index (κ2) is 5.31. The predicted octanol–water partition coefficient (Wildman–Crippen LogP) is 3.08. The van der Waals surface area contributed by atoms with E-state index in [4.69, 9.17) is 16.6 Å². The Hall–Kier alpha value is -1.03. The van der Waals surface area contributed by atoms with Crippen molar-refractivity contribution in [3.8, 4) is 0 Å². The molecule has 2 heterocycles. The number of nitrogens with zero attached hydrogens (tertiary/aromatic N) is 4. The summed E-state index contributed by atoms with van der Waals surface area (Å²) in [5.41, 5.74) is 3.24. The highest BCUT2D eigenvalue weighted by molar-refractivity contribution is 6.17. The third-order valence-electron chi connectivity index (χ3n) is 3.49. The van der Waals surface area contributed by atoms with Crippen LogP contribution in [0.4, 0.5) is 0 Å². The quantitative estimate of drug-likeness (QED) is 0.781. The zero-order chi connectivity index (χ0) is 13.3. The van der Waals surface area contributed by atoms with E-state index < -0.39 is 0 Å². The van der Waals surface area contributed by atoms with Gasteiger partial charge in [-0.2, -0.15) is 5.10 Å². The number of aryl methyl sites for hydroxylation is 3. The molecule has 0 radical (unpaired) electrons. The smallest absolute Gasteiger partial charge is 0.158 e. The lowest BCUT2D eigenvalue weighted by Gasteiger charge is -2.15. The third-order valence-corrected chi connectivity index (χ3v) is 3.68. The maximum atomic E-state index is 5.89. The summed E-state index contributed by atoms with van der Waals surface area (Å²) in [6.45, 7) is 6.53. The molecule has 0 aliphatic heterocycles. The zero-order valence-corrected chi connectivity index (χ0v) is 12.3. The van der Waals surface area contributed by atoms with Crippen LogP contribution in [-0.4, -0.2) is 25.2 Å². The largest absolute Gasteiger partial charge is 0.310 e. The molecule has 0 fully saturated rings. The summed E-state index contributed by atoms with van der Waals surface area (Å²) >= 11 is 5.89. The Balaban J connectivity index is 2.68. The van der Waals surface area contributed by atoms with Gasteiger partial charge in [-0.3, -0.25) is 4.68 Å². The predicted molar refractivity (Wildman–Crippen MR) is 75.3 cm³/mol. The van der Waals surface area contributed by atoms with Crippen LogP contribution in [0.25, 0.3) is 11.2 Å². The topological polar surface area (TPSA) is 35.6 Å². The van der Waals surface area contributed by atoms with Gasteiger partial charge >= 0.3 is 0 Å². The van der Waals surface area contributed by atoms with Crippen molar-refractivity contribution in [1.82, 2.24) is 19.3 Å². The molecule has 100 valence electrons. The van der Waals surface area contributed by atoms with Gasteiger partial charge in [0.2, 0.25) is 0 Å². The summed E-state index contributed by atoms with van der Waals surface area (Å²) in [7, 11) is 1.99. The van der Waals surface area contributed by atoms with Crippen LogP contribution in [0.15, 0.2) is 0 Å². The number of alkyl halides is 1. The number of hydrogen-bond acceptors (Lipinski definition) is 2. The number of aromatic nitrogens is 4. The van der Waals surface area contributed by atoms with E-state index in [0.717, 1.165) is 41.9 Å². The van der Waals surface area contributed by atoms with Gasteiger partial charge < -0.3 is 4.57 Å². The Kier molecular flexibility index (Phi) is 3.95. The summed E-state index contributed by atoms with van der Waals surface area (Å²) in [5, 5.41) is 4.55. The van der Waals surface area contributed by atoms with E-state index in [1.165, 1.54) is 0 Å². The van der Waals surface area contributed by atoms with Crippen LogP contribution in [0.2, 0.25) is 0 Å². The molecule has 0 N–H and O–H groups in total. The number of imidazole rings is 1. The Bertz CT molecular complexity index is 541. The van der Waals surface area contributed by atoms with Gasteiger partial charge in [-0.25, -0.2) is 4.98 Å². The standard InChI is InChI=1S/C13H21ClN4/c1-5-9(3)18-11(7-8-14)15-12-10(6-2)16-17(4)13(12)18/h9H,5-8H2,1-4H3. The maximum Gasteiger partial charge on any atom is 0.158 e. The molecule has 0 saturated carbocycles. The lowest BCUT2D eigenvalue weighted by Crippen LogP contribution is -2.12. The van der Waals surface area contributed by atoms with Gasteiger partial charge in [0.15, 0.2) is 5.65 Å². The van der Waals surface area contributed by atoms with Crippen molar-refractivity contribution in [2.24, 2.45) is 7.05 Å². The summed E-state index contributed by atoms with van der Waals surface area (Å²) in [5.74, 6) is 1.69. The summed E-state index contributed by atoms with van der Waals surface area (Å²) in [6, 6.07) is 0.424. The van der Waals surface area contributed by atoms with Gasteiger partial charge in [0.05, 0.1) is 5.69 Å². The first-order valence-electron chi connectivity index (χ1n) is 6.62. The monoisotopic (exact) mass is 268 g/mol. The summed E-state index contributed by atoms with van der Waals surface area (Å²) in [6.07, 6.45) is 2.80. The Morgan fingerprint density at radius 2 is 2.06 bits per heavy atom. The van der Waals surface area contributed by atoms with Gasteiger partial charge in [0, 0.05) is 25.4 Å². The minimum absolute atomic E-state index is 0.424. The van der Waals surface area contributed by atoms with E-state index >= 15 is 0 Å². The van der Waals surface area contributed by atoms with E-state index in [-0.39, 0.29) is 0 Å². The SMILES string of the molecule is CCc1nn(C)c2c1nc(CCCl)n2C(C)CC. The summed E-state index contributed by atoms with van der Waals surface area (Å²) < 4.78 is 4.24. The van der Waals surface area contributed by atoms with Crippen LogP contribution >= 0.6 is 11.6 Å². The molecule has 0 saturated heterocycles. The van der Waals surface area contributed by atoms with Crippen LogP contribution < -0.4 is 0 Å². The Labute approximate surface area is 113 Å². The zero-order valence-electron chi connectivity index (χ0n) is 11.6.